The van der Waals surface area contributed by atoms with E-state index in [-0.39, 0.29) is 58.8 Å². The number of carbonyl (C=O) groups excluding carboxylic acids is 2. The summed E-state index contributed by atoms with van der Waals surface area (Å²) in [4.78, 5) is 35.4. The predicted molar refractivity (Wildman–Crippen MR) is 198 cm³/mol. The average molecular weight is 768 g/mol. The summed E-state index contributed by atoms with van der Waals surface area (Å²) in [6.07, 6.45) is 3.46. The highest BCUT2D eigenvalue weighted by atomic mass is 35.5. The van der Waals surface area contributed by atoms with Crippen LogP contribution < -0.4 is 24.3 Å². The van der Waals surface area contributed by atoms with Gasteiger partial charge >= 0.3 is 5.97 Å². The minimum Gasteiger partial charge on any atom is -0.497 e. The van der Waals surface area contributed by atoms with Crippen LogP contribution in [0, 0.1) is 5.41 Å². The van der Waals surface area contributed by atoms with Crippen molar-refractivity contribution in [2.45, 2.75) is 38.8 Å². The van der Waals surface area contributed by atoms with Crippen molar-refractivity contribution in [2.75, 3.05) is 32.9 Å². The lowest BCUT2D eigenvalue weighted by molar-refractivity contribution is -0.151. The van der Waals surface area contributed by atoms with E-state index in [0.717, 1.165) is 11.1 Å². The van der Waals surface area contributed by atoms with Crippen LogP contribution in [0.25, 0.3) is 11.3 Å². The molecule has 16 heteroatoms. The summed E-state index contributed by atoms with van der Waals surface area (Å²) in [6, 6.07) is 17.8. The molecular weight excluding hydrogens is 731 g/mol. The van der Waals surface area contributed by atoms with Gasteiger partial charge in [-0.1, -0.05) is 64.4 Å². The van der Waals surface area contributed by atoms with Crippen LogP contribution in [0.15, 0.2) is 72.0 Å². The number of ether oxygens (including phenoxy) is 5. The first kappa shape index (κ1) is 38.2. The smallest absolute Gasteiger partial charge is 0.313 e. The van der Waals surface area contributed by atoms with Crippen molar-refractivity contribution in [2.24, 2.45) is 5.41 Å². The Balaban J connectivity index is 1.45. The van der Waals surface area contributed by atoms with Crippen LogP contribution in [0.1, 0.15) is 35.3 Å². The van der Waals surface area contributed by atoms with Crippen molar-refractivity contribution in [3.8, 4) is 34.5 Å². The Kier molecular flexibility index (Phi) is 12.5. The van der Waals surface area contributed by atoms with Gasteiger partial charge in [0.15, 0.2) is 10.7 Å². The van der Waals surface area contributed by atoms with E-state index in [9.17, 15) is 9.59 Å². The van der Waals surface area contributed by atoms with Crippen molar-refractivity contribution in [3.63, 3.8) is 0 Å². The third-order valence-corrected chi connectivity index (χ3v) is 8.86. The zero-order valence-corrected chi connectivity index (χ0v) is 31.6. The number of esters is 1. The van der Waals surface area contributed by atoms with Gasteiger partial charge in [0.2, 0.25) is 11.8 Å². The molecule has 5 aromatic rings. The summed E-state index contributed by atoms with van der Waals surface area (Å²) in [5.74, 6) is 0.316. The zero-order chi connectivity index (χ0) is 37.4. The number of halogens is 2. The summed E-state index contributed by atoms with van der Waals surface area (Å²) in [5.41, 5.74) is 1.84. The monoisotopic (exact) mass is 766 g/mol. The van der Waals surface area contributed by atoms with Gasteiger partial charge in [-0.3, -0.25) is 14.3 Å². The Morgan fingerprint density at radius 3 is 1.83 bits per heavy atom. The Morgan fingerprint density at radius 1 is 0.846 bits per heavy atom. The van der Waals surface area contributed by atoms with Gasteiger partial charge in [-0.15, -0.1) is 5.10 Å². The number of nitrogens with one attached hydrogen (secondary N) is 1. The second-order valence-electron chi connectivity index (χ2n) is 11.9. The lowest BCUT2D eigenvalue weighted by Crippen LogP contribution is -2.30. The molecule has 0 aliphatic carbocycles. The topological polar surface area (TPSA) is 149 Å². The number of methoxy groups -OCH3 is 3. The van der Waals surface area contributed by atoms with Crippen molar-refractivity contribution in [1.29, 1.82) is 0 Å². The van der Waals surface area contributed by atoms with E-state index in [1.807, 2.05) is 24.3 Å². The van der Waals surface area contributed by atoms with Crippen LogP contribution in [0.4, 0.5) is 5.69 Å². The lowest BCUT2D eigenvalue weighted by Gasteiger charge is -2.20. The summed E-state index contributed by atoms with van der Waals surface area (Å²) >= 11 is 14.7. The highest BCUT2D eigenvalue weighted by Gasteiger charge is 2.30. The molecule has 272 valence electrons. The summed E-state index contributed by atoms with van der Waals surface area (Å²) < 4.78 is 29.2. The van der Waals surface area contributed by atoms with Crippen LogP contribution in [0.2, 0.25) is 10.0 Å². The Hall–Kier alpha value is -5.05. The molecule has 0 spiro atoms. The Morgan fingerprint density at radius 2 is 1.37 bits per heavy atom. The number of benzene rings is 3. The molecule has 0 unspecified atom stereocenters. The van der Waals surface area contributed by atoms with Crippen molar-refractivity contribution < 1.29 is 33.3 Å². The van der Waals surface area contributed by atoms with Gasteiger partial charge < -0.3 is 29.0 Å². The first-order valence-corrected chi connectivity index (χ1v) is 17.7. The number of thioether (sulfide) groups is 1. The van der Waals surface area contributed by atoms with Crippen LogP contribution in [-0.2, 0) is 29.3 Å². The molecule has 0 aliphatic rings. The third-order valence-electron chi connectivity index (χ3n) is 7.71. The number of anilines is 1. The number of aromatic nitrogens is 5. The van der Waals surface area contributed by atoms with Gasteiger partial charge in [0.25, 0.3) is 5.91 Å². The summed E-state index contributed by atoms with van der Waals surface area (Å²) in [7, 11) is 4.50. The largest absolute Gasteiger partial charge is 0.497 e. The van der Waals surface area contributed by atoms with Crippen LogP contribution >= 0.6 is 35.0 Å². The van der Waals surface area contributed by atoms with E-state index in [4.69, 9.17) is 46.9 Å². The molecule has 2 aromatic heterocycles. The molecule has 0 saturated carbocycles. The predicted octanol–water partition coefficient (Wildman–Crippen LogP) is 7.39. The Labute approximate surface area is 314 Å². The highest BCUT2D eigenvalue weighted by Crippen LogP contribution is 2.37. The van der Waals surface area contributed by atoms with Gasteiger partial charge in [-0.25, -0.2) is 0 Å². The van der Waals surface area contributed by atoms with Crippen molar-refractivity contribution >= 4 is 52.5 Å². The first-order chi connectivity index (χ1) is 24.9. The molecule has 1 N–H and O–H groups in total. The van der Waals surface area contributed by atoms with E-state index in [0.29, 0.717) is 27.9 Å². The van der Waals surface area contributed by atoms with Crippen LogP contribution in [0.5, 0.6) is 23.3 Å². The first-order valence-electron chi connectivity index (χ1n) is 15.7. The van der Waals surface area contributed by atoms with Gasteiger partial charge in [0.1, 0.15) is 30.4 Å². The Bertz CT molecular complexity index is 1950. The quantitative estimate of drug-likeness (QED) is 0.0643. The molecule has 3 aromatic carbocycles. The molecule has 13 nitrogen and oxygen atoms in total. The average Bonchev–Trinajstić information content (AvgIpc) is 3.61. The molecule has 0 fully saturated rings. The van der Waals surface area contributed by atoms with Gasteiger partial charge in [0.05, 0.1) is 55.2 Å². The summed E-state index contributed by atoms with van der Waals surface area (Å²) in [5, 5.41) is 11.7. The number of nitrogens with zero attached hydrogens (tertiary/aromatic N) is 5. The lowest BCUT2D eigenvalue weighted by atomic mass is 9.94. The van der Waals surface area contributed by atoms with E-state index in [2.05, 4.69) is 25.6 Å². The van der Waals surface area contributed by atoms with E-state index < -0.39 is 11.3 Å². The second-order valence-corrected chi connectivity index (χ2v) is 13.5. The van der Waals surface area contributed by atoms with Gasteiger partial charge in [-0.05, 0) is 67.6 Å². The van der Waals surface area contributed by atoms with Crippen LogP contribution in [-0.4, -0.2) is 64.4 Å². The van der Waals surface area contributed by atoms with Crippen molar-refractivity contribution in [3.05, 3.63) is 93.6 Å². The fraction of sp³-hybridized carbons (Fsp3) is 0.278. The minimum absolute atomic E-state index is 0.00671. The molecule has 1 amide bonds. The number of hydrogen-bond acceptors (Lipinski definition) is 12. The maximum Gasteiger partial charge on any atom is 0.313 e. The normalized spacial score (nSPS) is 11.2. The zero-order valence-electron chi connectivity index (χ0n) is 29.2. The fourth-order valence-electron chi connectivity index (χ4n) is 4.91. The summed E-state index contributed by atoms with van der Waals surface area (Å²) in [6.45, 7) is 3.89. The SMILES string of the molecule is COC(=O)C(C)(C)Cn1cc(-c2cc(Cl)c(NC(=O)c3c(OCc4ccc(OC)cc4)nc(SC)nc3OCc3ccc(OC)cc3)c(Cl)c2)nn1. The van der Waals surface area contributed by atoms with E-state index in [1.165, 1.54) is 23.6 Å². The van der Waals surface area contributed by atoms with E-state index in [1.54, 1.807) is 76.9 Å². The molecule has 0 atom stereocenters. The van der Waals surface area contributed by atoms with Gasteiger partial charge in [-0.2, -0.15) is 9.97 Å². The molecule has 5 rings (SSSR count). The van der Waals surface area contributed by atoms with Crippen molar-refractivity contribution in [1.82, 2.24) is 25.0 Å². The number of amides is 1. The van der Waals surface area contributed by atoms with E-state index >= 15 is 0 Å². The molecule has 0 aliphatic heterocycles. The molecule has 0 radical (unpaired) electrons. The molecule has 2 heterocycles. The molecule has 52 heavy (non-hydrogen) atoms. The number of hydrogen-bond donors (Lipinski definition) is 1. The molecule has 0 bridgehead atoms. The highest BCUT2D eigenvalue weighted by molar-refractivity contribution is 7.98. The molecular formula is C36H36Cl2N6O7S. The third kappa shape index (κ3) is 9.24. The molecule has 0 saturated heterocycles. The number of carbonyl (C=O) groups is 2. The minimum atomic E-state index is -0.838. The van der Waals surface area contributed by atoms with Crippen LogP contribution in [0.3, 0.4) is 0 Å². The van der Waals surface area contributed by atoms with Gasteiger partial charge in [0, 0.05) is 5.56 Å². The maximum absolute atomic E-state index is 14.1. The fourth-order valence-corrected chi connectivity index (χ4v) is 5.84. The maximum atomic E-state index is 14.1. The second kappa shape index (κ2) is 17.0. The number of rotatable bonds is 15. The standard InChI is InChI=1S/C36H36Cl2N6O7S/c1-36(2,34(46)49-5)20-44-17-28(42-43-44)23-15-26(37)30(27(38)16-23)39-31(45)29-32(50-18-21-7-11-24(47-3)12-8-21)40-35(52-6)41-33(29)51-19-22-9-13-25(48-4)14-10-22/h7-17H,18-20H2,1-6H3,(H,39,45).